The van der Waals surface area contributed by atoms with Gasteiger partial charge in [-0.1, -0.05) is 36.8 Å². The summed E-state index contributed by atoms with van der Waals surface area (Å²) in [5.74, 6) is 1.37. The van der Waals surface area contributed by atoms with Gasteiger partial charge in [-0.3, -0.25) is 4.79 Å². The second-order valence-electron chi connectivity index (χ2n) is 6.07. The standard InChI is InChI=1S/C21H27NO3/c1-4-20(25-19-12-10-18(24-3)11-13-19)21(23)22-14-6-9-17-8-5-7-16(2)15-17/h5,7-8,10-13,15,20H,4,6,9,14H2,1-3H3,(H,22,23)/t20-/m1/s1. The van der Waals surface area contributed by atoms with E-state index in [9.17, 15) is 4.79 Å². The van der Waals surface area contributed by atoms with Gasteiger partial charge in [0.1, 0.15) is 11.5 Å². The Labute approximate surface area is 150 Å². The van der Waals surface area contributed by atoms with E-state index in [4.69, 9.17) is 9.47 Å². The highest BCUT2D eigenvalue weighted by Crippen LogP contribution is 2.19. The molecule has 0 bridgehead atoms. The number of carbonyl (C=O) groups excluding carboxylic acids is 1. The number of carbonyl (C=O) groups is 1. The van der Waals surface area contributed by atoms with E-state index in [-0.39, 0.29) is 5.91 Å². The van der Waals surface area contributed by atoms with Gasteiger partial charge in [0.25, 0.3) is 5.91 Å². The van der Waals surface area contributed by atoms with Crippen molar-refractivity contribution in [2.75, 3.05) is 13.7 Å². The molecule has 4 nitrogen and oxygen atoms in total. The van der Waals surface area contributed by atoms with Gasteiger partial charge in [-0.15, -0.1) is 0 Å². The average molecular weight is 341 g/mol. The topological polar surface area (TPSA) is 47.6 Å². The van der Waals surface area contributed by atoms with Crippen LogP contribution in [0, 0.1) is 6.92 Å². The van der Waals surface area contributed by atoms with Crippen LogP contribution in [0.15, 0.2) is 48.5 Å². The maximum Gasteiger partial charge on any atom is 0.261 e. The Morgan fingerprint density at radius 2 is 1.84 bits per heavy atom. The maximum atomic E-state index is 12.3. The molecule has 0 heterocycles. The van der Waals surface area contributed by atoms with Crippen molar-refractivity contribution in [3.8, 4) is 11.5 Å². The third kappa shape index (κ3) is 6.14. The molecule has 1 N–H and O–H groups in total. The fraction of sp³-hybridized carbons (Fsp3) is 0.381. The highest BCUT2D eigenvalue weighted by molar-refractivity contribution is 5.81. The molecule has 0 radical (unpaired) electrons. The van der Waals surface area contributed by atoms with Gasteiger partial charge in [-0.05, 0) is 56.0 Å². The highest BCUT2D eigenvalue weighted by atomic mass is 16.5. The summed E-state index contributed by atoms with van der Waals surface area (Å²) in [4.78, 5) is 12.3. The Hall–Kier alpha value is -2.49. The number of nitrogens with one attached hydrogen (secondary N) is 1. The van der Waals surface area contributed by atoms with E-state index >= 15 is 0 Å². The van der Waals surface area contributed by atoms with Crippen molar-refractivity contribution >= 4 is 5.91 Å². The Bertz CT molecular complexity index is 667. The van der Waals surface area contributed by atoms with Crippen LogP contribution in [0.5, 0.6) is 11.5 Å². The minimum atomic E-state index is -0.479. The first-order valence-electron chi connectivity index (χ1n) is 8.76. The van der Waals surface area contributed by atoms with Crippen molar-refractivity contribution in [2.24, 2.45) is 0 Å². The van der Waals surface area contributed by atoms with E-state index in [1.165, 1.54) is 11.1 Å². The third-order valence-corrected chi connectivity index (χ3v) is 4.02. The molecule has 2 aromatic carbocycles. The predicted octanol–water partition coefficient (Wildman–Crippen LogP) is 3.91. The van der Waals surface area contributed by atoms with Crippen LogP contribution in [0.1, 0.15) is 30.9 Å². The summed E-state index contributed by atoms with van der Waals surface area (Å²) in [6.07, 6.45) is 2.01. The second kappa shape index (κ2) is 9.72. The number of methoxy groups -OCH3 is 1. The zero-order valence-electron chi connectivity index (χ0n) is 15.2. The largest absolute Gasteiger partial charge is 0.497 e. The van der Waals surface area contributed by atoms with Gasteiger partial charge in [-0.25, -0.2) is 0 Å². The molecular formula is C21H27NO3. The van der Waals surface area contributed by atoms with Gasteiger partial charge in [0.2, 0.25) is 0 Å². The molecule has 25 heavy (non-hydrogen) atoms. The lowest BCUT2D eigenvalue weighted by atomic mass is 10.1. The first-order valence-corrected chi connectivity index (χ1v) is 8.76. The summed E-state index contributed by atoms with van der Waals surface area (Å²) in [5.41, 5.74) is 2.57. The Morgan fingerprint density at radius 1 is 1.12 bits per heavy atom. The number of amides is 1. The van der Waals surface area contributed by atoms with Crippen LogP contribution in [0.2, 0.25) is 0 Å². The monoisotopic (exact) mass is 341 g/mol. The molecule has 0 aromatic heterocycles. The lowest BCUT2D eigenvalue weighted by Crippen LogP contribution is -2.38. The van der Waals surface area contributed by atoms with Crippen molar-refractivity contribution in [1.82, 2.24) is 5.32 Å². The first kappa shape index (κ1) is 18.8. The average Bonchev–Trinajstić information content (AvgIpc) is 2.63. The molecule has 134 valence electrons. The molecule has 0 saturated heterocycles. The summed E-state index contributed by atoms with van der Waals surface area (Å²) < 4.78 is 10.9. The molecule has 2 rings (SSSR count). The zero-order valence-corrected chi connectivity index (χ0v) is 15.2. The van der Waals surface area contributed by atoms with Crippen LogP contribution in [0.4, 0.5) is 0 Å². The molecule has 1 amide bonds. The Kier molecular flexibility index (Phi) is 7.33. The summed E-state index contributed by atoms with van der Waals surface area (Å²) in [6.45, 7) is 4.68. The van der Waals surface area contributed by atoms with E-state index in [1.807, 2.05) is 31.2 Å². The quantitative estimate of drug-likeness (QED) is 0.704. The summed E-state index contributed by atoms with van der Waals surface area (Å²) in [6, 6.07) is 15.7. The van der Waals surface area contributed by atoms with Gasteiger partial charge >= 0.3 is 0 Å². The van der Waals surface area contributed by atoms with E-state index in [0.29, 0.717) is 18.7 Å². The zero-order chi connectivity index (χ0) is 18.1. The lowest BCUT2D eigenvalue weighted by Gasteiger charge is -2.17. The van der Waals surface area contributed by atoms with Crippen LogP contribution in [0.3, 0.4) is 0 Å². The first-order chi connectivity index (χ1) is 12.1. The van der Waals surface area contributed by atoms with E-state index in [2.05, 4.69) is 36.5 Å². The number of ether oxygens (including phenoxy) is 2. The lowest BCUT2D eigenvalue weighted by molar-refractivity contribution is -0.128. The fourth-order valence-corrected chi connectivity index (χ4v) is 2.63. The molecule has 0 aliphatic carbocycles. The molecule has 2 aromatic rings. The van der Waals surface area contributed by atoms with Crippen LogP contribution in [-0.2, 0) is 11.2 Å². The minimum absolute atomic E-state index is 0.0671. The number of hydrogen-bond acceptors (Lipinski definition) is 3. The van der Waals surface area contributed by atoms with Crippen molar-refractivity contribution in [1.29, 1.82) is 0 Å². The van der Waals surface area contributed by atoms with Gasteiger partial charge in [0.05, 0.1) is 7.11 Å². The summed E-state index contributed by atoms with van der Waals surface area (Å²) in [7, 11) is 1.62. The van der Waals surface area contributed by atoms with E-state index in [1.54, 1.807) is 7.11 Å². The van der Waals surface area contributed by atoms with E-state index in [0.717, 1.165) is 18.6 Å². The maximum absolute atomic E-state index is 12.3. The highest BCUT2D eigenvalue weighted by Gasteiger charge is 2.17. The van der Waals surface area contributed by atoms with Crippen molar-refractivity contribution in [3.05, 3.63) is 59.7 Å². The molecule has 0 aliphatic rings. The summed E-state index contributed by atoms with van der Waals surface area (Å²) >= 11 is 0. The van der Waals surface area contributed by atoms with Crippen molar-refractivity contribution in [2.45, 2.75) is 39.2 Å². The fourth-order valence-electron chi connectivity index (χ4n) is 2.63. The summed E-state index contributed by atoms with van der Waals surface area (Å²) in [5, 5.41) is 2.97. The van der Waals surface area contributed by atoms with Crippen LogP contribution in [0.25, 0.3) is 0 Å². The van der Waals surface area contributed by atoms with E-state index < -0.39 is 6.10 Å². The van der Waals surface area contributed by atoms with Gasteiger partial charge < -0.3 is 14.8 Å². The molecule has 0 spiro atoms. The van der Waals surface area contributed by atoms with Crippen molar-refractivity contribution in [3.63, 3.8) is 0 Å². The normalized spacial score (nSPS) is 11.6. The number of benzene rings is 2. The molecule has 0 unspecified atom stereocenters. The predicted molar refractivity (Wildman–Crippen MR) is 100 cm³/mol. The molecule has 0 aliphatic heterocycles. The minimum Gasteiger partial charge on any atom is -0.497 e. The Balaban J connectivity index is 1.77. The third-order valence-electron chi connectivity index (χ3n) is 4.02. The second-order valence-corrected chi connectivity index (χ2v) is 6.07. The van der Waals surface area contributed by atoms with Gasteiger partial charge in [0.15, 0.2) is 6.10 Å². The smallest absolute Gasteiger partial charge is 0.261 e. The molecule has 0 saturated carbocycles. The molecule has 1 atom stereocenters. The molecule has 4 heteroatoms. The van der Waals surface area contributed by atoms with Crippen molar-refractivity contribution < 1.29 is 14.3 Å². The Morgan fingerprint density at radius 3 is 2.48 bits per heavy atom. The number of aryl methyl sites for hydroxylation is 2. The molecular weight excluding hydrogens is 314 g/mol. The number of rotatable bonds is 9. The van der Waals surface area contributed by atoms with Crippen LogP contribution >= 0.6 is 0 Å². The van der Waals surface area contributed by atoms with Crippen LogP contribution < -0.4 is 14.8 Å². The molecule has 0 fully saturated rings. The van der Waals surface area contributed by atoms with Gasteiger partial charge in [0, 0.05) is 6.54 Å². The van der Waals surface area contributed by atoms with Gasteiger partial charge in [-0.2, -0.15) is 0 Å². The number of hydrogen-bond donors (Lipinski definition) is 1. The SMILES string of the molecule is CC[C@@H](Oc1ccc(OC)cc1)C(=O)NCCCc1cccc(C)c1. The van der Waals surface area contributed by atoms with Crippen LogP contribution in [-0.4, -0.2) is 25.7 Å².